The predicted octanol–water partition coefficient (Wildman–Crippen LogP) is 3.06. The number of rotatable bonds is 4. The highest BCUT2D eigenvalue weighted by molar-refractivity contribution is 5.85. The van der Waals surface area contributed by atoms with Gasteiger partial charge in [0.15, 0.2) is 5.82 Å². The summed E-state index contributed by atoms with van der Waals surface area (Å²) in [6.45, 7) is 0.901. The van der Waals surface area contributed by atoms with Crippen molar-refractivity contribution in [2.45, 2.75) is 49.8 Å². The van der Waals surface area contributed by atoms with E-state index in [4.69, 9.17) is 0 Å². The summed E-state index contributed by atoms with van der Waals surface area (Å²) in [6.07, 6.45) is -1.97. The van der Waals surface area contributed by atoms with E-state index in [1.165, 1.54) is 0 Å². The highest BCUT2D eigenvalue weighted by Gasteiger charge is 2.58. The van der Waals surface area contributed by atoms with E-state index in [0.717, 1.165) is 29.1 Å². The van der Waals surface area contributed by atoms with Gasteiger partial charge in [0, 0.05) is 24.1 Å². The number of hydrogen-bond donors (Lipinski definition) is 2. The number of amides is 1. The summed E-state index contributed by atoms with van der Waals surface area (Å²) in [6, 6.07) is 9.66. The molecule has 156 valence electrons. The van der Waals surface area contributed by atoms with Gasteiger partial charge in [-0.1, -0.05) is 30.3 Å². The molecule has 0 bridgehead atoms. The van der Waals surface area contributed by atoms with E-state index in [0.29, 0.717) is 25.6 Å². The van der Waals surface area contributed by atoms with Gasteiger partial charge < -0.3 is 15.0 Å². The number of carbonyl (C=O) groups excluding carboxylic acids is 1. The fourth-order valence-corrected chi connectivity index (χ4v) is 4.25. The maximum Gasteiger partial charge on any atom is 0.426 e. The van der Waals surface area contributed by atoms with E-state index in [1.807, 2.05) is 30.3 Å². The van der Waals surface area contributed by atoms with Crippen LogP contribution in [0.15, 0.2) is 30.3 Å². The zero-order valence-electron chi connectivity index (χ0n) is 16.0. The summed E-state index contributed by atoms with van der Waals surface area (Å²) in [4.78, 5) is 16.6. The lowest BCUT2D eigenvalue weighted by atomic mass is 9.80. The zero-order chi connectivity index (χ0) is 20.9. The predicted molar refractivity (Wildman–Crippen MR) is 98.7 cm³/mol. The number of benzene rings is 1. The first kappa shape index (κ1) is 19.9. The first-order chi connectivity index (χ1) is 13.6. The number of piperidine rings is 1. The third kappa shape index (κ3) is 3.41. The van der Waals surface area contributed by atoms with E-state index >= 15 is 0 Å². The fourth-order valence-electron chi connectivity index (χ4n) is 4.25. The second-order valence-corrected chi connectivity index (χ2v) is 8.18. The molecule has 1 aliphatic heterocycles. The fraction of sp³-hybridized carbons (Fsp3) is 0.550. The molecule has 0 radical (unpaired) electrons. The Labute approximate surface area is 166 Å². The average molecular weight is 408 g/mol. The Balaban J connectivity index is 1.44. The van der Waals surface area contributed by atoms with Crippen molar-refractivity contribution in [1.29, 1.82) is 0 Å². The number of carbonyl (C=O) groups is 1. The quantitative estimate of drug-likeness (QED) is 0.815. The van der Waals surface area contributed by atoms with Crippen molar-refractivity contribution in [1.82, 2.24) is 20.1 Å². The molecule has 2 fully saturated rings. The van der Waals surface area contributed by atoms with Crippen LogP contribution < -0.4 is 0 Å². The third-order valence-corrected chi connectivity index (χ3v) is 6.33. The number of aromatic nitrogens is 3. The number of H-pyrrole nitrogens is 1. The van der Waals surface area contributed by atoms with E-state index in [9.17, 15) is 23.1 Å². The highest BCUT2D eigenvalue weighted by Crippen LogP contribution is 2.56. The van der Waals surface area contributed by atoms with E-state index in [-0.39, 0.29) is 24.4 Å². The van der Waals surface area contributed by atoms with Gasteiger partial charge in [-0.15, -0.1) is 10.2 Å². The van der Waals surface area contributed by atoms with Crippen LogP contribution in [0.2, 0.25) is 0 Å². The molecule has 1 aromatic heterocycles. The number of nitrogens with zero attached hydrogens (tertiary/aromatic N) is 3. The first-order valence-corrected chi connectivity index (χ1v) is 9.72. The van der Waals surface area contributed by atoms with Gasteiger partial charge in [0.2, 0.25) is 5.60 Å². The largest absolute Gasteiger partial charge is 0.426 e. The molecule has 1 aromatic carbocycles. The lowest BCUT2D eigenvalue weighted by molar-refractivity contribution is -0.250. The van der Waals surface area contributed by atoms with Crippen molar-refractivity contribution in [2.75, 3.05) is 13.1 Å². The van der Waals surface area contributed by atoms with Crippen LogP contribution >= 0.6 is 0 Å². The lowest BCUT2D eigenvalue weighted by Crippen LogP contribution is -2.57. The number of nitrogens with one attached hydrogen (secondary N) is 1. The number of aromatic amines is 1. The van der Waals surface area contributed by atoms with Crippen LogP contribution in [0.5, 0.6) is 0 Å². The molecule has 0 spiro atoms. The van der Waals surface area contributed by atoms with Crippen LogP contribution in [0.25, 0.3) is 11.4 Å². The minimum Gasteiger partial charge on any atom is -0.373 e. The Morgan fingerprint density at radius 2 is 1.79 bits per heavy atom. The molecule has 1 atom stereocenters. The monoisotopic (exact) mass is 408 g/mol. The molecule has 9 heteroatoms. The van der Waals surface area contributed by atoms with Crippen molar-refractivity contribution in [3.05, 3.63) is 36.2 Å². The molecule has 4 rings (SSSR count). The Hall–Kier alpha value is -2.42. The normalized spacial score (nSPS) is 21.6. The van der Waals surface area contributed by atoms with Crippen LogP contribution in [0.3, 0.4) is 0 Å². The van der Waals surface area contributed by atoms with Gasteiger partial charge in [-0.25, -0.2) is 0 Å². The molecule has 6 nitrogen and oxygen atoms in total. The summed E-state index contributed by atoms with van der Waals surface area (Å²) in [5.41, 5.74) is -2.56. The molecule has 29 heavy (non-hydrogen) atoms. The number of alkyl halides is 3. The van der Waals surface area contributed by atoms with Gasteiger partial charge in [0.1, 0.15) is 5.82 Å². The van der Waals surface area contributed by atoms with E-state index in [1.54, 1.807) is 0 Å². The Morgan fingerprint density at radius 1 is 1.17 bits per heavy atom. The van der Waals surface area contributed by atoms with Crippen molar-refractivity contribution in [3.8, 4) is 11.4 Å². The van der Waals surface area contributed by atoms with Gasteiger partial charge in [0.05, 0.1) is 0 Å². The maximum atomic E-state index is 13.0. The topological polar surface area (TPSA) is 82.1 Å². The number of hydrogen-bond acceptors (Lipinski definition) is 4. The molecule has 1 saturated heterocycles. The van der Waals surface area contributed by atoms with Gasteiger partial charge in [-0.2, -0.15) is 13.2 Å². The number of aliphatic hydroxyl groups is 1. The summed E-state index contributed by atoms with van der Waals surface area (Å²) in [7, 11) is 0. The number of likely N-dealkylation sites (tertiary alicyclic amines) is 1. The van der Waals surface area contributed by atoms with Crippen LogP contribution in [0.1, 0.15) is 38.4 Å². The number of halogens is 3. The molecular weight excluding hydrogens is 385 g/mol. The highest BCUT2D eigenvalue weighted by atomic mass is 19.4. The SMILES string of the molecule is CC(O)(C(=O)N1CCC(C2(c3nnc(-c4ccccc4)[nH]3)CC2)CC1)C(F)(F)F. The van der Waals surface area contributed by atoms with Crippen molar-refractivity contribution in [3.63, 3.8) is 0 Å². The molecule has 2 aliphatic rings. The molecule has 2 N–H and O–H groups in total. The minimum absolute atomic E-state index is 0.151. The average Bonchev–Trinajstić information content (AvgIpc) is 3.36. The molecule has 1 aliphatic carbocycles. The third-order valence-electron chi connectivity index (χ3n) is 6.33. The zero-order valence-corrected chi connectivity index (χ0v) is 16.0. The molecule has 1 saturated carbocycles. The van der Waals surface area contributed by atoms with Crippen LogP contribution in [0, 0.1) is 5.92 Å². The smallest absolute Gasteiger partial charge is 0.373 e. The van der Waals surface area contributed by atoms with Crippen LogP contribution in [-0.2, 0) is 10.2 Å². The van der Waals surface area contributed by atoms with Gasteiger partial charge >= 0.3 is 6.18 Å². The standard InChI is InChI=1S/C20H23F3N4O2/c1-18(29,20(21,22)23)17(28)27-11-7-14(8-12-27)19(9-10-19)16-24-15(25-26-16)13-5-3-2-4-6-13/h2-6,14,29H,7-12H2,1H3,(H,24,25,26). The Bertz CT molecular complexity index is 883. The molecular formula is C20H23F3N4O2. The van der Waals surface area contributed by atoms with Crippen molar-refractivity contribution in [2.24, 2.45) is 5.92 Å². The summed E-state index contributed by atoms with van der Waals surface area (Å²) >= 11 is 0. The molecule has 1 amide bonds. The van der Waals surface area contributed by atoms with Gasteiger partial charge in [-0.05, 0) is 38.5 Å². The first-order valence-electron chi connectivity index (χ1n) is 9.72. The second kappa shape index (κ2) is 6.83. The minimum atomic E-state index is -4.99. The summed E-state index contributed by atoms with van der Waals surface area (Å²) in [5.74, 6) is 0.433. The Morgan fingerprint density at radius 3 is 2.34 bits per heavy atom. The van der Waals surface area contributed by atoms with Gasteiger partial charge in [0.25, 0.3) is 5.91 Å². The van der Waals surface area contributed by atoms with Crippen molar-refractivity contribution < 1.29 is 23.1 Å². The lowest BCUT2D eigenvalue weighted by Gasteiger charge is -2.38. The molecule has 1 unspecified atom stereocenters. The molecule has 2 aromatic rings. The van der Waals surface area contributed by atoms with Crippen LogP contribution in [-0.4, -0.2) is 56.0 Å². The van der Waals surface area contributed by atoms with Crippen LogP contribution in [0.4, 0.5) is 13.2 Å². The summed E-state index contributed by atoms with van der Waals surface area (Å²) in [5, 5.41) is 18.3. The van der Waals surface area contributed by atoms with E-state index < -0.39 is 17.7 Å². The van der Waals surface area contributed by atoms with Crippen molar-refractivity contribution >= 4 is 5.91 Å². The summed E-state index contributed by atoms with van der Waals surface area (Å²) < 4.78 is 38.9. The second-order valence-electron chi connectivity index (χ2n) is 8.18. The van der Waals surface area contributed by atoms with Gasteiger partial charge in [-0.3, -0.25) is 4.79 Å². The Kier molecular flexibility index (Phi) is 4.68. The molecule has 2 heterocycles. The maximum absolute atomic E-state index is 13.0. The van der Waals surface area contributed by atoms with E-state index in [2.05, 4.69) is 15.2 Å².